The van der Waals surface area contributed by atoms with Gasteiger partial charge in [0.2, 0.25) is 0 Å². The second kappa shape index (κ2) is 12.3. The van der Waals surface area contributed by atoms with E-state index >= 15 is 0 Å². The van der Waals surface area contributed by atoms with E-state index in [4.69, 9.17) is 9.47 Å². The SMILES string of the molecule is CC(CCC(=O)C(C)C1C(O)CC2C3CCC4=CC(=O)CCC4(C)C3CCC21C)COC1OC(CO)C(O)C(O)C1O. The van der Waals surface area contributed by atoms with Crippen molar-refractivity contribution < 1.29 is 44.6 Å². The maximum absolute atomic E-state index is 13.5. The molecule has 14 atom stereocenters. The van der Waals surface area contributed by atoms with Gasteiger partial charge in [0, 0.05) is 18.8 Å². The molecule has 1 aliphatic heterocycles. The first-order chi connectivity index (χ1) is 19.8. The summed E-state index contributed by atoms with van der Waals surface area (Å²) in [5.74, 6) is 1.48. The lowest BCUT2D eigenvalue weighted by Gasteiger charge is -2.58. The molecule has 0 radical (unpaired) electrons. The highest BCUT2D eigenvalue weighted by Crippen LogP contribution is 2.67. The molecule has 14 unspecified atom stereocenters. The van der Waals surface area contributed by atoms with Gasteiger partial charge in [-0.25, -0.2) is 0 Å². The van der Waals surface area contributed by atoms with Crippen LogP contribution in [0.25, 0.3) is 0 Å². The normalized spacial score (nSPS) is 46.7. The van der Waals surface area contributed by atoms with Crippen LogP contribution in [0.1, 0.15) is 85.5 Å². The molecule has 1 heterocycles. The van der Waals surface area contributed by atoms with Crippen molar-refractivity contribution >= 4 is 11.6 Å². The monoisotopic (exact) mass is 592 g/mol. The van der Waals surface area contributed by atoms with E-state index in [0.29, 0.717) is 37.0 Å². The molecule has 9 nitrogen and oxygen atoms in total. The van der Waals surface area contributed by atoms with Crippen LogP contribution in [0.4, 0.5) is 0 Å². The Bertz CT molecular complexity index is 1040. The van der Waals surface area contributed by atoms with Crippen LogP contribution in [0, 0.1) is 46.3 Å². The summed E-state index contributed by atoms with van der Waals surface area (Å²) < 4.78 is 11.1. The lowest BCUT2D eigenvalue weighted by molar-refractivity contribution is -0.303. The summed E-state index contributed by atoms with van der Waals surface area (Å²) in [5.41, 5.74) is 1.33. The zero-order valence-corrected chi connectivity index (χ0v) is 25.7. The van der Waals surface area contributed by atoms with Crippen LogP contribution in [-0.4, -0.2) is 87.1 Å². The Morgan fingerprint density at radius 2 is 1.79 bits per heavy atom. The zero-order valence-electron chi connectivity index (χ0n) is 25.7. The van der Waals surface area contributed by atoms with Crippen LogP contribution in [0.2, 0.25) is 0 Å². The fourth-order valence-corrected chi connectivity index (χ4v) is 9.88. The highest BCUT2D eigenvalue weighted by molar-refractivity contribution is 5.91. The summed E-state index contributed by atoms with van der Waals surface area (Å²) in [6.45, 7) is 8.27. The number of ether oxygens (including phenoxy) is 2. The predicted molar refractivity (Wildman–Crippen MR) is 154 cm³/mol. The molecule has 238 valence electrons. The maximum atomic E-state index is 13.5. The zero-order chi connectivity index (χ0) is 30.6. The predicted octanol–water partition coefficient (Wildman–Crippen LogP) is 2.54. The summed E-state index contributed by atoms with van der Waals surface area (Å²) in [7, 11) is 0. The Balaban J connectivity index is 1.17. The van der Waals surface area contributed by atoms with E-state index in [1.807, 2.05) is 19.9 Å². The van der Waals surface area contributed by atoms with E-state index in [1.54, 1.807) is 0 Å². The number of fused-ring (bicyclic) bond motifs is 5. The van der Waals surface area contributed by atoms with Crippen LogP contribution in [0.15, 0.2) is 11.6 Å². The first kappa shape index (κ1) is 32.2. The van der Waals surface area contributed by atoms with Gasteiger partial charge in [0.1, 0.15) is 30.2 Å². The van der Waals surface area contributed by atoms with Gasteiger partial charge in [-0.15, -0.1) is 0 Å². The van der Waals surface area contributed by atoms with Gasteiger partial charge in [0.25, 0.3) is 0 Å². The number of carbonyl (C=O) groups excluding carboxylic acids is 2. The number of hydrogen-bond acceptors (Lipinski definition) is 9. The molecule has 5 aliphatic rings. The lowest BCUT2D eigenvalue weighted by atomic mass is 9.46. The van der Waals surface area contributed by atoms with Crippen LogP contribution < -0.4 is 0 Å². The van der Waals surface area contributed by atoms with Crippen molar-refractivity contribution in [2.45, 2.75) is 122 Å². The van der Waals surface area contributed by atoms with Crippen molar-refractivity contribution in [3.05, 3.63) is 11.6 Å². The molecule has 0 spiro atoms. The van der Waals surface area contributed by atoms with E-state index < -0.39 is 43.4 Å². The average molecular weight is 593 g/mol. The first-order valence-corrected chi connectivity index (χ1v) is 16.2. The minimum absolute atomic E-state index is 0.0339. The molecule has 5 rings (SSSR count). The summed E-state index contributed by atoms with van der Waals surface area (Å²) in [5, 5.41) is 50.9. The molecular formula is C33H52O9. The molecule has 0 amide bonds. The average Bonchev–Trinajstić information content (AvgIpc) is 3.24. The standard InChI is InChI=1S/C33H52O9/c1-17(16-41-31-30(40)29(39)28(38)26(15-34)42-31)5-8-24(36)18(2)27-25(37)14-23-21-7-6-19-13-20(35)9-11-32(19,3)22(21)10-12-33(23,27)4/h13,17-18,21-23,25-31,34,37-40H,5-12,14-16H2,1-4H3. The van der Waals surface area contributed by atoms with Crippen molar-refractivity contribution in [1.29, 1.82) is 0 Å². The van der Waals surface area contributed by atoms with Crippen LogP contribution in [-0.2, 0) is 19.1 Å². The van der Waals surface area contributed by atoms with Gasteiger partial charge in [0.15, 0.2) is 12.1 Å². The number of ketones is 2. The van der Waals surface area contributed by atoms with Gasteiger partial charge in [0.05, 0.1) is 19.3 Å². The summed E-state index contributed by atoms with van der Waals surface area (Å²) >= 11 is 0. The number of Topliss-reactive ketones (excluding diaryl/α,β-unsaturated/α-hetero) is 1. The topological polar surface area (TPSA) is 154 Å². The molecule has 4 fully saturated rings. The summed E-state index contributed by atoms with van der Waals surface area (Å²) in [6.07, 6.45) is 2.21. The van der Waals surface area contributed by atoms with E-state index in [9.17, 15) is 35.1 Å². The molecule has 9 heteroatoms. The quantitative estimate of drug-likeness (QED) is 0.272. The van der Waals surface area contributed by atoms with Gasteiger partial charge in [-0.05, 0) is 91.4 Å². The number of aliphatic hydroxyl groups is 5. The van der Waals surface area contributed by atoms with Crippen LogP contribution in [0.3, 0.4) is 0 Å². The van der Waals surface area contributed by atoms with Gasteiger partial charge < -0.3 is 35.0 Å². The Labute approximate surface area is 249 Å². The van der Waals surface area contributed by atoms with E-state index in [-0.39, 0.29) is 46.8 Å². The molecule has 3 saturated carbocycles. The van der Waals surface area contributed by atoms with Crippen molar-refractivity contribution in [3.63, 3.8) is 0 Å². The summed E-state index contributed by atoms with van der Waals surface area (Å²) in [6, 6.07) is 0. The molecule has 0 aromatic rings. The van der Waals surface area contributed by atoms with E-state index in [0.717, 1.165) is 38.5 Å². The van der Waals surface area contributed by atoms with Gasteiger partial charge in [-0.3, -0.25) is 9.59 Å². The van der Waals surface area contributed by atoms with Crippen LogP contribution >= 0.6 is 0 Å². The minimum atomic E-state index is -1.49. The third kappa shape index (κ3) is 5.57. The number of aliphatic hydroxyl groups excluding tert-OH is 5. The number of rotatable bonds is 9. The first-order valence-electron chi connectivity index (χ1n) is 16.2. The Kier molecular flexibility index (Phi) is 9.43. The summed E-state index contributed by atoms with van der Waals surface area (Å²) in [4.78, 5) is 25.7. The Morgan fingerprint density at radius 3 is 2.50 bits per heavy atom. The largest absolute Gasteiger partial charge is 0.394 e. The molecule has 5 N–H and O–H groups in total. The lowest BCUT2D eigenvalue weighted by Crippen LogP contribution is -2.59. The van der Waals surface area contributed by atoms with E-state index in [1.165, 1.54) is 5.57 Å². The number of allylic oxidation sites excluding steroid dienone is 1. The third-order valence-corrected chi connectivity index (χ3v) is 12.4. The minimum Gasteiger partial charge on any atom is -0.394 e. The highest BCUT2D eigenvalue weighted by atomic mass is 16.7. The molecule has 4 aliphatic carbocycles. The fraction of sp³-hybridized carbons (Fsp3) is 0.879. The molecule has 0 aromatic carbocycles. The van der Waals surface area contributed by atoms with Gasteiger partial charge in [-0.1, -0.05) is 33.3 Å². The molecule has 1 saturated heterocycles. The number of carbonyl (C=O) groups is 2. The van der Waals surface area contributed by atoms with Crippen LogP contribution in [0.5, 0.6) is 0 Å². The van der Waals surface area contributed by atoms with E-state index in [2.05, 4.69) is 13.8 Å². The second-order valence-corrected chi connectivity index (χ2v) is 14.8. The molecule has 42 heavy (non-hydrogen) atoms. The van der Waals surface area contributed by atoms with Gasteiger partial charge in [-0.2, -0.15) is 0 Å². The van der Waals surface area contributed by atoms with Gasteiger partial charge >= 0.3 is 0 Å². The molecule has 0 bridgehead atoms. The maximum Gasteiger partial charge on any atom is 0.186 e. The fourth-order valence-electron chi connectivity index (χ4n) is 9.88. The second-order valence-electron chi connectivity index (χ2n) is 14.8. The molecule has 0 aromatic heterocycles. The number of hydrogen-bond donors (Lipinski definition) is 5. The highest BCUT2D eigenvalue weighted by Gasteiger charge is 2.62. The van der Waals surface area contributed by atoms with Crippen molar-refractivity contribution in [1.82, 2.24) is 0 Å². The van der Waals surface area contributed by atoms with Crippen molar-refractivity contribution in [3.8, 4) is 0 Å². The Hall–Kier alpha value is -1.20. The third-order valence-electron chi connectivity index (χ3n) is 12.4. The van der Waals surface area contributed by atoms with Crippen molar-refractivity contribution in [2.24, 2.45) is 46.3 Å². The Morgan fingerprint density at radius 1 is 1.05 bits per heavy atom. The molecular weight excluding hydrogens is 540 g/mol. The van der Waals surface area contributed by atoms with Crippen molar-refractivity contribution in [2.75, 3.05) is 13.2 Å². The smallest absolute Gasteiger partial charge is 0.186 e.